The predicted molar refractivity (Wildman–Crippen MR) is 116 cm³/mol. The topological polar surface area (TPSA) is 66.5 Å². The largest absolute Gasteiger partial charge is 0.322 e. The second-order valence-corrected chi connectivity index (χ2v) is 10.3. The molecule has 1 aromatic heterocycles. The van der Waals surface area contributed by atoms with Crippen molar-refractivity contribution in [3.05, 3.63) is 80.5 Å². The smallest absolute Gasteiger partial charge is 0.255 e. The van der Waals surface area contributed by atoms with Crippen LogP contribution in [0.1, 0.15) is 26.4 Å². The highest BCUT2D eigenvalue weighted by atomic mass is 35.5. The summed E-state index contributed by atoms with van der Waals surface area (Å²) in [4.78, 5) is 14.1. The Labute approximate surface area is 179 Å². The van der Waals surface area contributed by atoms with Gasteiger partial charge >= 0.3 is 0 Å². The fourth-order valence-electron chi connectivity index (χ4n) is 3.30. The molecule has 8 heteroatoms. The van der Waals surface area contributed by atoms with E-state index in [1.807, 2.05) is 24.4 Å². The number of hydrogen-bond donors (Lipinski definition) is 1. The fraction of sp³-hybridized carbons (Fsp3) is 0.190. The number of thiophene rings is 1. The zero-order chi connectivity index (χ0) is 20.6. The van der Waals surface area contributed by atoms with E-state index in [2.05, 4.69) is 5.32 Å². The summed E-state index contributed by atoms with van der Waals surface area (Å²) in [7, 11) is -3.69. The van der Waals surface area contributed by atoms with Crippen molar-refractivity contribution >= 4 is 44.6 Å². The average Bonchev–Trinajstić information content (AvgIpc) is 3.18. The molecule has 0 radical (unpaired) electrons. The van der Waals surface area contributed by atoms with E-state index < -0.39 is 10.0 Å². The summed E-state index contributed by atoms with van der Waals surface area (Å²) in [5, 5.41) is 5.31. The number of benzene rings is 2. The molecule has 0 aliphatic carbocycles. The molecule has 0 saturated carbocycles. The van der Waals surface area contributed by atoms with Crippen LogP contribution in [0.15, 0.2) is 58.8 Å². The third kappa shape index (κ3) is 4.09. The molecule has 29 heavy (non-hydrogen) atoms. The first-order chi connectivity index (χ1) is 13.8. The van der Waals surface area contributed by atoms with Crippen LogP contribution in [0.5, 0.6) is 0 Å². The van der Waals surface area contributed by atoms with Gasteiger partial charge in [0.25, 0.3) is 5.91 Å². The molecular weight excluding hydrogens is 428 g/mol. The van der Waals surface area contributed by atoms with Gasteiger partial charge in [-0.05, 0) is 66.2 Å². The number of amides is 1. The molecule has 4 rings (SSSR count). The van der Waals surface area contributed by atoms with Gasteiger partial charge < -0.3 is 5.32 Å². The monoisotopic (exact) mass is 446 g/mol. The molecule has 3 aromatic rings. The lowest BCUT2D eigenvalue weighted by Crippen LogP contribution is -2.35. The molecule has 1 aliphatic rings. The predicted octanol–water partition coefficient (Wildman–Crippen LogP) is 4.71. The van der Waals surface area contributed by atoms with E-state index in [1.54, 1.807) is 35.6 Å². The number of carbonyl (C=O) groups excluding carboxylic acids is 1. The summed E-state index contributed by atoms with van der Waals surface area (Å²) in [5.41, 5.74) is 2.79. The van der Waals surface area contributed by atoms with Gasteiger partial charge in [-0.1, -0.05) is 23.7 Å². The van der Waals surface area contributed by atoms with Gasteiger partial charge in [0.2, 0.25) is 10.0 Å². The van der Waals surface area contributed by atoms with Crippen molar-refractivity contribution in [3.63, 3.8) is 0 Å². The molecule has 150 valence electrons. The molecule has 0 atom stereocenters. The Morgan fingerprint density at radius 3 is 2.83 bits per heavy atom. The SMILES string of the molecule is Cc1ccc(Cl)cc1NC(=O)c1cccc(S(=O)(=O)N2CCc3sccc3C2)c1. The third-order valence-electron chi connectivity index (χ3n) is 4.95. The van der Waals surface area contributed by atoms with Crippen molar-refractivity contribution in [2.75, 3.05) is 11.9 Å². The molecule has 0 unspecified atom stereocenters. The Balaban J connectivity index is 1.58. The Kier molecular flexibility index (Phi) is 5.48. The molecule has 0 spiro atoms. The zero-order valence-electron chi connectivity index (χ0n) is 15.7. The summed E-state index contributed by atoms with van der Waals surface area (Å²) < 4.78 is 27.7. The van der Waals surface area contributed by atoms with Crippen molar-refractivity contribution in [3.8, 4) is 0 Å². The van der Waals surface area contributed by atoms with Crippen LogP contribution >= 0.6 is 22.9 Å². The normalized spacial score (nSPS) is 14.4. The first-order valence-corrected chi connectivity index (χ1v) is 11.8. The summed E-state index contributed by atoms with van der Waals surface area (Å²) in [6.45, 7) is 2.66. The summed E-state index contributed by atoms with van der Waals surface area (Å²) >= 11 is 7.67. The Hall–Kier alpha value is -2.19. The minimum absolute atomic E-state index is 0.117. The Morgan fingerprint density at radius 1 is 1.17 bits per heavy atom. The number of nitrogens with zero attached hydrogens (tertiary/aromatic N) is 1. The van der Waals surface area contributed by atoms with Crippen LogP contribution in [-0.4, -0.2) is 25.2 Å². The molecule has 0 saturated heterocycles. The van der Waals surface area contributed by atoms with Gasteiger partial charge in [-0.2, -0.15) is 4.31 Å². The lowest BCUT2D eigenvalue weighted by atomic mass is 10.1. The molecule has 5 nitrogen and oxygen atoms in total. The first-order valence-electron chi connectivity index (χ1n) is 9.07. The molecule has 2 aromatic carbocycles. The molecule has 1 amide bonds. The van der Waals surface area contributed by atoms with Crippen LogP contribution < -0.4 is 5.32 Å². The number of aryl methyl sites for hydroxylation is 1. The lowest BCUT2D eigenvalue weighted by Gasteiger charge is -2.26. The van der Waals surface area contributed by atoms with Crippen molar-refractivity contribution < 1.29 is 13.2 Å². The number of rotatable bonds is 4. The van der Waals surface area contributed by atoms with Gasteiger partial charge in [-0.3, -0.25) is 4.79 Å². The van der Waals surface area contributed by atoms with Gasteiger partial charge in [0.05, 0.1) is 4.90 Å². The maximum Gasteiger partial charge on any atom is 0.255 e. The van der Waals surface area contributed by atoms with Crippen LogP contribution in [0.4, 0.5) is 5.69 Å². The second-order valence-electron chi connectivity index (χ2n) is 6.90. The highest BCUT2D eigenvalue weighted by Crippen LogP contribution is 2.28. The first kappa shape index (κ1) is 20.1. The van der Waals surface area contributed by atoms with E-state index in [4.69, 9.17) is 11.6 Å². The van der Waals surface area contributed by atoms with Crippen LogP contribution in [0.25, 0.3) is 0 Å². The van der Waals surface area contributed by atoms with E-state index in [0.29, 0.717) is 30.2 Å². The molecule has 1 aliphatic heterocycles. The number of carbonyl (C=O) groups is 1. The van der Waals surface area contributed by atoms with Crippen LogP contribution in [0.2, 0.25) is 5.02 Å². The average molecular weight is 447 g/mol. The minimum atomic E-state index is -3.69. The Morgan fingerprint density at radius 2 is 2.00 bits per heavy atom. The van der Waals surface area contributed by atoms with Crippen LogP contribution in [0.3, 0.4) is 0 Å². The summed E-state index contributed by atoms with van der Waals surface area (Å²) in [5.74, 6) is -0.383. The van der Waals surface area contributed by atoms with Gasteiger partial charge in [-0.15, -0.1) is 11.3 Å². The maximum absolute atomic E-state index is 13.1. The molecule has 0 bridgehead atoms. The molecule has 0 fully saturated rings. The van der Waals surface area contributed by atoms with Gasteiger partial charge in [0, 0.05) is 34.2 Å². The molecule has 1 N–H and O–H groups in total. The van der Waals surface area contributed by atoms with E-state index in [1.165, 1.54) is 21.3 Å². The van der Waals surface area contributed by atoms with Gasteiger partial charge in [0.1, 0.15) is 0 Å². The Bertz CT molecular complexity index is 1190. The van der Waals surface area contributed by atoms with Crippen LogP contribution in [0, 0.1) is 6.92 Å². The van der Waals surface area contributed by atoms with Crippen molar-refractivity contribution in [1.82, 2.24) is 4.31 Å². The highest BCUT2D eigenvalue weighted by molar-refractivity contribution is 7.89. The number of anilines is 1. The highest BCUT2D eigenvalue weighted by Gasteiger charge is 2.29. The third-order valence-corrected chi connectivity index (χ3v) is 8.05. The van der Waals surface area contributed by atoms with Crippen LogP contribution in [-0.2, 0) is 23.0 Å². The quantitative estimate of drug-likeness (QED) is 0.631. The summed E-state index contributed by atoms with van der Waals surface area (Å²) in [6.07, 6.45) is 0.709. The number of hydrogen-bond acceptors (Lipinski definition) is 4. The molecule has 2 heterocycles. The van der Waals surface area contributed by atoms with Crippen molar-refractivity contribution in [2.24, 2.45) is 0 Å². The number of halogens is 1. The number of sulfonamides is 1. The molecular formula is C21H19ClN2O3S2. The second kappa shape index (κ2) is 7.91. The summed E-state index contributed by atoms with van der Waals surface area (Å²) in [6, 6.07) is 13.3. The zero-order valence-corrected chi connectivity index (χ0v) is 18.1. The van der Waals surface area contributed by atoms with Crippen molar-refractivity contribution in [2.45, 2.75) is 24.8 Å². The minimum Gasteiger partial charge on any atom is -0.322 e. The fourth-order valence-corrected chi connectivity index (χ4v) is 5.83. The number of fused-ring (bicyclic) bond motifs is 1. The van der Waals surface area contributed by atoms with Gasteiger partial charge in [0.15, 0.2) is 0 Å². The van der Waals surface area contributed by atoms with E-state index in [9.17, 15) is 13.2 Å². The maximum atomic E-state index is 13.1. The van der Waals surface area contributed by atoms with Gasteiger partial charge in [-0.25, -0.2) is 8.42 Å². The lowest BCUT2D eigenvalue weighted by molar-refractivity contribution is 0.102. The standard InChI is InChI=1S/C21H19ClN2O3S2/c1-14-5-6-17(22)12-19(14)23-21(25)15-3-2-4-18(11-15)29(26,27)24-9-7-20-16(13-24)8-10-28-20/h2-6,8,10-12H,7,9,13H2,1H3,(H,23,25). The van der Waals surface area contributed by atoms with E-state index in [0.717, 1.165) is 11.1 Å². The van der Waals surface area contributed by atoms with Crippen molar-refractivity contribution in [1.29, 1.82) is 0 Å². The number of nitrogens with one attached hydrogen (secondary N) is 1. The van der Waals surface area contributed by atoms with E-state index >= 15 is 0 Å². The van der Waals surface area contributed by atoms with E-state index in [-0.39, 0.29) is 16.4 Å².